The largest absolute Gasteiger partial charge is 0.324 e. The molecule has 0 unspecified atom stereocenters. The van der Waals surface area contributed by atoms with E-state index in [0.29, 0.717) is 5.16 Å². The molecule has 1 atom stereocenters. The highest BCUT2D eigenvalue weighted by Crippen LogP contribution is 2.31. The summed E-state index contributed by atoms with van der Waals surface area (Å²) in [5.74, 6) is -0.294. The number of hydrogen-bond acceptors (Lipinski definition) is 5. The van der Waals surface area contributed by atoms with E-state index in [2.05, 4.69) is 15.5 Å². The van der Waals surface area contributed by atoms with Gasteiger partial charge in [0.25, 0.3) is 0 Å². The predicted molar refractivity (Wildman–Crippen MR) is 61.9 cm³/mol. The first kappa shape index (κ1) is 12.0. The van der Waals surface area contributed by atoms with Gasteiger partial charge in [-0.2, -0.15) is 0 Å². The van der Waals surface area contributed by atoms with Crippen LogP contribution in [0.5, 0.6) is 0 Å². The van der Waals surface area contributed by atoms with Crippen molar-refractivity contribution in [2.75, 3.05) is 0 Å². The molecule has 17 heavy (non-hydrogen) atoms. The monoisotopic (exact) mass is 253 g/mol. The van der Waals surface area contributed by atoms with Gasteiger partial charge in [0, 0.05) is 18.0 Å². The summed E-state index contributed by atoms with van der Waals surface area (Å²) in [5.41, 5.74) is 6.56. The topological polar surface area (TPSA) is 69.6 Å². The third kappa shape index (κ3) is 2.62. The summed E-state index contributed by atoms with van der Waals surface area (Å²) in [5, 5.41) is 11.8. The minimum Gasteiger partial charge on any atom is -0.324 e. The molecule has 5 nitrogen and oxygen atoms in total. The summed E-state index contributed by atoms with van der Waals surface area (Å²) in [7, 11) is 1.75. The van der Waals surface area contributed by atoms with Crippen molar-refractivity contribution in [3.63, 3.8) is 0 Å². The van der Waals surface area contributed by atoms with Gasteiger partial charge in [-0.3, -0.25) is 0 Å². The van der Waals surface area contributed by atoms with Crippen LogP contribution >= 0.6 is 11.8 Å². The van der Waals surface area contributed by atoms with Gasteiger partial charge in [0.05, 0.1) is 0 Å². The van der Waals surface area contributed by atoms with Crippen molar-refractivity contribution in [3.05, 3.63) is 29.6 Å². The molecule has 2 N–H and O–H groups in total. The maximum atomic E-state index is 13.2. The Hall–Kier alpha value is -1.47. The summed E-state index contributed by atoms with van der Waals surface area (Å²) in [6, 6.07) is 4.29. The van der Waals surface area contributed by atoms with Crippen LogP contribution < -0.4 is 5.73 Å². The molecule has 0 aliphatic rings. The molecule has 0 aliphatic carbocycles. The van der Waals surface area contributed by atoms with Crippen LogP contribution in [-0.4, -0.2) is 20.2 Å². The lowest BCUT2D eigenvalue weighted by molar-refractivity contribution is 0.619. The molecule has 0 amide bonds. The van der Waals surface area contributed by atoms with Crippen LogP contribution in [0.2, 0.25) is 0 Å². The molecule has 90 valence electrons. The summed E-state index contributed by atoms with van der Waals surface area (Å²) in [4.78, 5) is 0.860. The highest BCUT2D eigenvalue weighted by atomic mass is 32.2. The Morgan fingerprint density at radius 3 is 2.82 bits per heavy atom. The fourth-order valence-corrected chi connectivity index (χ4v) is 2.32. The summed E-state index contributed by atoms with van der Waals surface area (Å²) >= 11 is 1.36. The molecule has 0 spiro atoms. The molecule has 0 aliphatic heterocycles. The van der Waals surface area contributed by atoms with E-state index in [0.717, 1.165) is 10.5 Å². The number of nitrogens with two attached hydrogens (primary N) is 1. The van der Waals surface area contributed by atoms with Gasteiger partial charge < -0.3 is 5.73 Å². The molecular weight excluding hydrogens is 241 g/mol. The Labute approximate surface area is 102 Å². The molecule has 1 aromatic carbocycles. The molecule has 2 rings (SSSR count). The van der Waals surface area contributed by atoms with E-state index in [-0.39, 0.29) is 11.9 Å². The van der Waals surface area contributed by atoms with Gasteiger partial charge in [0.2, 0.25) is 5.16 Å². The fraction of sp³-hybridized carbons (Fsp3) is 0.300. The maximum Gasteiger partial charge on any atom is 0.213 e. The highest BCUT2D eigenvalue weighted by molar-refractivity contribution is 7.99. The van der Waals surface area contributed by atoms with Crippen molar-refractivity contribution in [1.29, 1.82) is 0 Å². The van der Waals surface area contributed by atoms with Crippen LogP contribution in [0.4, 0.5) is 4.39 Å². The van der Waals surface area contributed by atoms with Crippen LogP contribution in [0.1, 0.15) is 18.5 Å². The van der Waals surface area contributed by atoms with Gasteiger partial charge in [0.15, 0.2) is 0 Å². The smallest absolute Gasteiger partial charge is 0.213 e. The number of hydrogen-bond donors (Lipinski definition) is 1. The van der Waals surface area contributed by atoms with E-state index >= 15 is 0 Å². The van der Waals surface area contributed by atoms with Crippen LogP contribution in [0.15, 0.2) is 28.3 Å². The molecule has 1 aromatic heterocycles. The molecule has 7 heteroatoms. The SMILES string of the molecule is C[C@H](N)c1cc(F)ccc1Sc1nnnn1C. The van der Waals surface area contributed by atoms with E-state index in [9.17, 15) is 4.39 Å². The lowest BCUT2D eigenvalue weighted by atomic mass is 10.1. The molecule has 0 saturated carbocycles. The lowest BCUT2D eigenvalue weighted by Gasteiger charge is -2.11. The van der Waals surface area contributed by atoms with E-state index in [1.54, 1.807) is 17.8 Å². The van der Waals surface area contributed by atoms with E-state index in [1.165, 1.54) is 23.9 Å². The third-order valence-corrected chi connectivity index (χ3v) is 3.37. The molecule has 0 radical (unpaired) electrons. The molecule has 0 bridgehead atoms. The number of rotatable bonds is 3. The van der Waals surface area contributed by atoms with E-state index in [1.807, 2.05) is 6.92 Å². The first-order valence-corrected chi connectivity index (χ1v) is 5.85. The Morgan fingerprint density at radius 2 is 2.24 bits per heavy atom. The van der Waals surface area contributed by atoms with E-state index in [4.69, 9.17) is 5.73 Å². The molecule has 0 fully saturated rings. The van der Waals surface area contributed by atoms with Gasteiger partial charge in [-0.25, -0.2) is 9.07 Å². The number of aryl methyl sites for hydroxylation is 1. The standard InChI is InChI=1S/C10H12FN5S/c1-6(12)8-5-7(11)3-4-9(8)17-10-13-14-15-16(10)2/h3-6H,12H2,1-2H3/t6-/m0/s1. The minimum absolute atomic E-state index is 0.241. The number of halogens is 1. The average Bonchev–Trinajstić information content (AvgIpc) is 2.67. The van der Waals surface area contributed by atoms with Crippen LogP contribution in [0, 0.1) is 5.82 Å². The summed E-state index contributed by atoms with van der Waals surface area (Å²) in [6.45, 7) is 1.81. The number of nitrogens with zero attached hydrogens (tertiary/aromatic N) is 4. The summed E-state index contributed by atoms with van der Waals surface area (Å²) in [6.07, 6.45) is 0. The Balaban J connectivity index is 2.36. The van der Waals surface area contributed by atoms with Crippen molar-refractivity contribution >= 4 is 11.8 Å². The minimum atomic E-state index is -0.294. The van der Waals surface area contributed by atoms with Gasteiger partial charge in [-0.15, -0.1) is 5.10 Å². The summed E-state index contributed by atoms with van der Waals surface area (Å²) < 4.78 is 14.7. The van der Waals surface area contributed by atoms with Gasteiger partial charge in [-0.1, -0.05) is 0 Å². The normalized spacial score (nSPS) is 12.7. The van der Waals surface area contributed by atoms with Crippen LogP contribution in [0.3, 0.4) is 0 Å². The van der Waals surface area contributed by atoms with Crippen molar-refractivity contribution in [3.8, 4) is 0 Å². The molecule has 0 saturated heterocycles. The van der Waals surface area contributed by atoms with E-state index < -0.39 is 0 Å². The predicted octanol–water partition coefficient (Wildman–Crippen LogP) is 1.52. The van der Waals surface area contributed by atoms with Gasteiger partial charge in [-0.05, 0) is 52.9 Å². The Bertz CT molecular complexity index is 525. The molecular formula is C10H12FN5S. The van der Waals surface area contributed by atoms with Crippen molar-refractivity contribution in [2.24, 2.45) is 12.8 Å². The zero-order valence-corrected chi connectivity index (χ0v) is 10.3. The first-order chi connectivity index (χ1) is 8.08. The number of benzene rings is 1. The lowest BCUT2D eigenvalue weighted by Crippen LogP contribution is -2.07. The second-order valence-corrected chi connectivity index (χ2v) is 4.67. The van der Waals surface area contributed by atoms with Crippen molar-refractivity contribution in [2.45, 2.75) is 23.0 Å². The Morgan fingerprint density at radius 1 is 1.47 bits per heavy atom. The molecule has 1 heterocycles. The van der Waals surface area contributed by atoms with Gasteiger partial charge in [0.1, 0.15) is 5.82 Å². The van der Waals surface area contributed by atoms with Crippen LogP contribution in [-0.2, 0) is 7.05 Å². The second-order valence-electron chi connectivity index (χ2n) is 3.66. The number of tetrazole rings is 1. The maximum absolute atomic E-state index is 13.2. The molecule has 2 aromatic rings. The van der Waals surface area contributed by atoms with Crippen molar-refractivity contribution in [1.82, 2.24) is 20.2 Å². The van der Waals surface area contributed by atoms with Gasteiger partial charge >= 0.3 is 0 Å². The average molecular weight is 253 g/mol. The fourth-order valence-electron chi connectivity index (χ4n) is 1.37. The van der Waals surface area contributed by atoms with Crippen LogP contribution in [0.25, 0.3) is 0 Å². The quantitative estimate of drug-likeness (QED) is 0.898. The zero-order valence-electron chi connectivity index (χ0n) is 9.46. The first-order valence-electron chi connectivity index (χ1n) is 5.03. The van der Waals surface area contributed by atoms with Crippen molar-refractivity contribution < 1.29 is 4.39 Å². The third-order valence-electron chi connectivity index (χ3n) is 2.24. The zero-order chi connectivity index (χ0) is 12.4. The number of aromatic nitrogens is 4. The highest BCUT2D eigenvalue weighted by Gasteiger charge is 2.12. The second kappa shape index (κ2) is 4.80. The Kier molecular flexibility index (Phi) is 3.39.